The number of urea groups is 1. The zero-order chi connectivity index (χ0) is 22.0. The third-order valence-corrected chi connectivity index (χ3v) is 4.84. The minimum atomic E-state index is -4.69. The lowest BCUT2D eigenvalue weighted by atomic mass is 10.1. The van der Waals surface area contributed by atoms with Crippen LogP contribution in [-0.2, 0) is 10.9 Å². The Balaban J connectivity index is 1.96. The molecule has 1 aromatic carbocycles. The number of rotatable bonds is 2. The number of hydrogen-bond donors (Lipinski definition) is 2. The molecule has 0 unspecified atom stereocenters. The molecule has 0 atom stereocenters. The van der Waals surface area contributed by atoms with Crippen molar-refractivity contribution in [1.29, 1.82) is 0 Å². The van der Waals surface area contributed by atoms with Gasteiger partial charge in [0.25, 0.3) is 0 Å². The SMILES string of the molecule is CC(C)(C)OC(=O)N1CCC(NC(=O)Nc2c(Cl)cc(Br)cc2C(F)(F)F)CC1. The number of alkyl halides is 3. The first-order valence-electron chi connectivity index (χ1n) is 8.88. The van der Waals surface area contributed by atoms with E-state index in [0.717, 1.165) is 6.07 Å². The number of piperidine rings is 1. The lowest BCUT2D eigenvalue weighted by Gasteiger charge is -2.33. The normalized spacial score (nSPS) is 15.8. The second-order valence-corrected chi connectivity index (χ2v) is 8.97. The summed E-state index contributed by atoms with van der Waals surface area (Å²) in [5, 5.41) is 4.59. The highest BCUT2D eigenvalue weighted by atomic mass is 79.9. The summed E-state index contributed by atoms with van der Waals surface area (Å²) in [6.45, 7) is 6.05. The predicted octanol–water partition coefficient (Wildman–Crippen LogP) is 5.64. The maximum atomic E-state index is 13.3. The van der Waals surface area contributed by atoms with E-state index >= 15 is 0 Å². The molecule has 0 aliphatic carbocycles. The predicted molar refractivity (Wildman–Crippen MR) is 107 cm³/mol. The Morgan fingerprint density at radius 1 is 1.21 bits per heavy atom. The average Bonchev–Trinajstić information content (AvgIpc) is 2.55. The Morgan fingerprint density at radius 3 is 2.31 bits per heavy atom. The lowest BCUT2D eigenvalue weighted by molar-refractivity contribution is -0.137. The highest BCUT2D eigenvalue weighted by Crippen LogP contribution is 2.40. The summed E-state index contributed by atoms with van der Waals surface area (Å²) < 4.78 is 45.2. The van der Waals surface area contributed by atoms with E-state index in [1.807, 2.05) is 0 Å². The van der Waals surface area contributed by atoms with Gasteiger partial charge in [0.1, 0.15) is 5.60 Å². The van der Waals surface area contributed by atoms with Crippen molar-refractivity contribution in [2.24, 2.45) is 0 Å². The summed E-state index contributed by atoms with van der Waals surface area (Å²) in [6.07, 6.45) is -4.22. The van der Waals surface area contributed by atoms with Gasteiger partial charge in [0.15, 0.2) is 0 Å². The minimum Gasteiger partial charge on any atom is -0.444 e. The number of carbonyl (C=O) groups excluding carboxylic acids is 2. The second kappa shape index (κ2) is 8.99. The van der Waals surface area contributed by atoms with Crippen molar-refractivity contribution in [3.05, 3.63) is 27.2 Å². The molecule has 2 N–H and O–H groups in total. The van der Waals surface area contributed by atoms with Crippen molar-refractivity contribution < 1.29 is 27.5 Å². The molecular formula is C18H22BrClF3N3O3. The highest BCUT2D eigenvalue weighted by molar-refractivity contribution is 9.10. The number of ether oxygens (including phenoxy) is 1. The van der Waals surface area contributed by atoms with Crippen LogP contribution in [0.2, 0.25) is 5.02 Å². The third kappa shape index (κ3) is 6.95. The van der Waals surface area contributed by atoms with E-state index in [4.69, 9.17) is 16.3 Å². The number of likely N-dealkylation sites (tertiary alicyclic amines) is 1. The van der Waals surface area contributed by atoms with Crippen LogP contribution in [0.5, 0.6) is 0 Å². The molecular weight excluding hydrogens is 479 g/mol. The van der Waals surface area contributed by atoms with E-state index in [-0.39, 0.29) is 15.5 Å². The monoisotopic (exact) mass is 499 g/mol. The van der Waals surface area contributed by atoms with Gasteiger partial charge in [-0.25, -0.2) is 9.59 Å². The van der Waals surface area contributed by atoms with Crippen LogP contribution in [0.25, 0.3) is 0 Å². The largest absolute Gasteiger partial charge is 0.444 e. The molecule has 6 nitrogen and oxygen atoms in total. The minimum absolute atomic E-state index is 0.148. The summed E-state index contributed by atoms with van der Waals surface area (Å²) in [5.74, 6) is 0. The summed E-state index contributed by atoms with van der Waals surface area (Å²) >= 11 is 8.87. The maximum Gasteiger partial charge on any atom is 0.418 e. The van der Waals surface area contributed by atoms with Crippen LogP contribution in [0.1, 0.15) is 39.2 Å². The van der Waals surface area contributed by atoms with Gasteiger partial charge in [-0.3, -0.25) is 0 Å². The number of nitrogens with zero attached hydrogens (tertiary/aromatic N) is 1. The fourth-order valence-corrected chi connectivity index (χ4v) is 3.65. The van der Waals surface area contributed by atoms with E-state index in [2.05, 4.69) is 26.6 Å². The summed E-state index contributed by atoms with van der Waals surface area (Å²) in [5.41, 5.74) is -2.16. The Labute approximate surface area is 180 Å². The van der Waals surface area contributed by atoms with Gasteiger partial charge in [-0.05, 0) is 45.7 Å². The van der Waals surface area contributed by atoms with Gasteiger partial charge in [-0.2, -0.15) is 13.2 Å². The van der Waals surface area contributed by atoms with Gasteiger partial charge in [0.2, 0.25) is 0 Å². The van der Waals surface area contributed by atoms with Crippen molar-refractivity contribution >= 4 is 45.3 Å². The molecule has 0 aromatic heterocycles. The van der Waals surface area contributed by atoms with E-state index in [0.29, 0.717) is 25.9 Å². The number of hydrogen-bond acceptors (Lipinski definition) is 3. The number of amides is 3. The number of nitrogens with one attached hydrogen (secondary N) is 2. The van der Waals surface area contributed by atoms with Crippen LogP contribution in [0.4, 0.5) is 28.4 Å². The molecule has 2 rings (SSSR count). The molecule has 1 saturated heterocycles. The molecule has 0 spiro atoms. The Morgan fingerprint density at radius 2 is 1.79 bits per heavy atom. The molecule has 0 bridgehead atoms. The molecule has 1 aliphatic rings. The number of halogens is 5. The van der Waals surface area contributed by atoms with E-state index in [9.17, 15) is 22.8 Å². The zero-order valence-corrected chi connectivity index (χ0v) is 18.5. The van der Waals surface area contributed by atoms with E-state index in [1.165, 1.54) is 11.0 Å². The van der Waals surface area contributed by atoms with Crippen LogP contribution >= 0.6 is 27.5 Å². The molecule has 162 valence electrons. The molecule has 1 aromatic rings. The van der Waals surface area contributed by atoms with Gasteiger partial charge in [0, 0.05) is 23.6 Å². The van der Waals surface area contributed by atoms with Crippen molar-refractivity contribution in [2.45, 2.75) is 51.4 Å². The van der Waals surface area contributed by atoms with Crippen LogP contribution in [0.3, 0.4) is 0 Å². The first kappa shape index (κ1) is 23.6. The summed E-state index contributed by atoms with van der Waals surface area (Å²) in [4.78, 5) is 25.8. The fourth-order valence-electron chi connectivity index (χ4n) is 2.79. The Kier molecular flexibility index (Phi) is 7.32. The Bertz CT molecular complexity index is 776. The van der Waals surface area contributed by atoms with Crippen molar-refractivity contribution in [3.8, 4) is 0 Å². The molecule has 0 saturated carbocycles. The van der Waals surface area contributed by atoms with Gasteiger partial charge in [0.05, 0.1) is 16.3 Å². The van der Waals surface area contributed by atoms with Crippen molar-refractivity contribution in [3.63, 3.8) is 0 Å². The zero-order valence-electron chi connectivity index (χ0n) is 16.1. The molecule has 29 heavy (non-hydrogen) atoms. The Hall–Kier alpha value is -1.68. The molecule has 3 amide bonds. The molecule has 11 heteroatoms. The first-order chi connectivity index (χ1) is 13.3. The maximum absolute atomic E-state index is 13.3. The smallest absolute Gasteiger partial charge is 0.418 e. The quantitative estimate of drug-likeness (QED) is 0.552. The fraction of sp³-hybridized carbons (Fsp3) is 0.556. The highest BCUT2D eigenvalue weighted by Gasteiger charge is 2.36. The summed E-state index contributed by atoms with van der Waals surface area (Å²) in [7, 11) is 0. The molecule has 0 radical (unpaired) electrons. The van der Waals surface area contributed by atoms with Gasteiger partial charge < -0.3 is 20.3 Å². The number of carbonyl (C=O) groups is 2. The van der Waals surface area contributed by atoms with E-state index in [1.54, 1.807) is 20.8 Å². The van der Waals surface area contributed by atoms with Crippen molar-refractivity contribution in [2.75, 3.05) is 18.4 Å². The van der Waals surface area contributed by atoms with Crippen LogP contribution in [-0.4, -0.2) is 41.8 Å². The van der Waals surface area contributed by atoms with Crippen LogP contribution < -0.4 is 10.6 Å². The van der Waals surface area contributed by atoms with Crippen LogP contribution in [0, 0.1) is 0 Å². The van der Waals surface area contributed by atoms with Gasteiger partial charge in [-0.1, -0.05) is 27.5 Å². The number of benzene rings is 1. The molecule has 1 aliphatic heterocycles. The first-order valence-corrected chi connectivity index (χ1v) is 10.0. The van der Waals surface area contributed by atoms with Crippen LogP contribution in [0.15, 0.2) is 16.6 Å². The summed E-state index contributed by atoms with van der Waals surface area (Å²) in [6, 6.07) is 1.03. The second-order valence-electron chi connectivity index (χ2n) is 7.65. The van der Waals surface area contributed by atoms with Gasteiger partial charge in [-0.15, -0.1) is 0 Å². The van der Waals surface area contributed by atoms with Crippen molar-refractivity contribution in [1.82, 2.24) is 10.2 Å². The molecule has 1 fully saturated rings. The van der Waals surface area contributed by atoms with E-state index < -0.39 is 35.2 Å². The lowest BCUT2D eigenvalue weighted by Crippen LogP contribution is -2.48. The van der Waals surface area contributed by atoms with Gasteiger partial charge >= 0.3 is 18.3 Å². The topological polar surface area (TPSA) is 70.7 Å². The third-order valence-electron chi connectivity index (χ3n) is 4.08. The molecule has 1 heterocycles. The number of anilines is 1. The standard InChI is InChI=1S/C18H22BrClF3N3O3/c1-17(2,3)29-16(28)26-6-4-11(5-7-26)24-15(27)25-14-12(18(21,22)23)8-10(19)9-13(14)20/h8-9,11H,4-7H2,1-3H3,(H2,24,25,27). The average molecular weight is 501 g/mol.